The normalized spacial score (nSPS) is 28.4. The number of halogens is 1. The zero-order valence-corrected chi connectivity index (χ0v) is 12.0. The molecule has 2 nitrogen and oxygen atoms in total. The summed E-state index contributed by atoms with van der Waals surface area (Å²) >= 11 is 0. The third-order valence-electron chi connectivity index (χ3n) is 5.09. The lowest BCUT2D eigenvalue weighted by Gasteiger charge is -2.20. The number of rotatable bonds is 3. The number of hydrogen-bond donors (Lipinski definition) is 1. The van der Waals surface area contributed by atoms with Crippen molar-refractivity contribution in [1.29, 1.82) is 0 Å². The number of carbonyl (C=O) groups is 1. The van der Waals surface area contributed by atoms with Crippen LogP contribution in [0, 0.1) is 24.6 Å². The SMILES string of the molecule is Cc1cc(F)ccc1CC(=O)N[C@H]1CC[C@@H]2CCC[C@@H]21. The Morgan fingerprint density at radius 3 is 2.95 bits per heavy atom. The first-order chi connectivity index (χ1) is 9.63. The molecule has 1 aromatic carbocycles. The Kier molecular flexibility index (Phi) is 3.77. The van der Waals surface area contributed by atoms with Gasteiger partial charge in [0.15, 0.2) is 0 Å². The molecule has 2 aliphatic carbocycles. The summed E-state index contributed by atoms with van der Waals surface area (Å²) in [6, 6.07) is 5.01. The Balaban J connectivity index is 1.59. The van der Waals surface area contributed by atoms with Gasteiger partial charge >= 0.3 is 0 Å². The van der Waals surface area contributed by atoms with Gasteiger partial charge in [0, 0.05) is 6.04 Å². The lowest BCUT2D eigenvalue weighted by Crippen LogP contribution is -2.38. The number of fused-ring (bicyclic) bond motifs is 1. The summed E-state index contributed by atoms with van der Waals surface area (Å²) in [4.78, 5) is 12.2. The van der Waals surface area contributed by atoms with Crippen molar-refractivity contribution in [3.8, 4) is 0 Å². The van der Waals surface area contributed by atoms with Crippen LogP contribution in [0.15, 0.2) is 18.2 Å². The molecule has 0 aromatic heterocycles. The topological polar surface area (TPSA) is 29.1 Å². The maximum absolute atomic E-state index is 13.1. The molecular weight excluding hydrogens is 253 g/mol. The molecular formula is C17H22FNO. The number of carbonyl (C=O) groups excluding carboxylic acids is 1. The molecule has 0 unspecified atom stereocenters. The molecule has 3 heteroatoms. The molecule has 3 atom stereocenters. The van der Waals surface area contributed by atoms with E-state index in [2.05, 4.69) is 5.32 Å². The quantitative estimate of drug-likeness (QED) is 0.900. The molecule has 2 aliphatic rings. The van der Waals surface area contributed by atoms with Crippen molar-refractivity contribution in [2.45, 2.75) is 51.5 Å². The number of hydrogen-bond acceptors (Lipinski definition) is 1. The van der Waals surface area contributed by atoms with Gasteiger partial charge in [-0.1, -0.05) is 18.9 Å². The summed E-state index contributed by atoms with van der Waals surface area (Å²) in [5.74, 6) is 1.38. The lowest BCUT2D eigenvalue weighted by atomic mass is 9.97. The van der Waals surface area contributed by atoms with Gasteiger partial charge in [-0.25, -0.2) is 4.39 Å². The van der Waals surface area contributed by atoms with Crippen LogP contribution in [0.3, 0.4) is 0 Å². The van der Waals surface area contributed by atoms with Crippen LogP contribution in [0.5, 0.6) is 0 Å². The molecule has 0 spiro atoms. The Morgan fingerprint density at radius 2 is 2.15 bits per heavy atom. The largest absolute Gasteiger partial charge is 0.353 e. The predicted octanol–water partition coefficient (Wildman–Crippen LogP) is 3.37. The first-order valence-corrected chi connectivity index (χ1v) is 7.68. The van der Waals surface area contributed by atoms with Crippen LogP contribution in [0.25, 0.3) is 0 Å². The molecule has 1 amide bonds. The average molecular weight is 275 g/mol. The molecule has 0 saturated heterocycles. The molecule has 0 heterocycles. The van der Waals surface area contributed by atoms with Crippen LogP contribution >= 0.6 is 0 Å². The van der Waals surface area contributed by atoms with Crippen molar-refractivity contribution in [2.24, 2.45) is 11.8 Å². The minimum atomic E-state index is -0.240. The second-order valence-electron chi connectivity index (χ2n) is 6.35. The Morgan fingerprint density at radius 1 is 1.30 bits per heavy atom. The van der Waals surface area contributed by atoms with Crippen LogP contribution in [-0.2, 0) is 11.2 Å². The average Bonchev–Trinajstić information content (AvgIpc) is 2.98. The predicted molar refractivity (Wildman–Crippen MR) is 76.8 cm³/mol. The van der Waals surface area contributed by atoms with E-state index in [-0.39, 0.29) is 11.7 Å². The minimum Gasteiger partial charge on any atom is -0.353 e. The first-order valence-electron chi connectivity index (χ1n) is 7.68. The van der Waals surface area contributed by atoms with Gasteiger partial charge in [0.05, 0.1) is 6.42 Å². The van der Waals surface area contributed by atoms with E-state index in [1.54, 1.807) is 6.07 Å². The number of nitrogens with one attached hydrogen (secondary N) is 1. The van der Waals surface area contributed by atoms with E-state index in [1.807, 2.05) is 6.92 Å². The Labute approximate surface area is 119 Å². The fourth-order valence-corrected chi connectivity index (χ4v) is 4.03. The zero-order valence-electron chi connectivity index (χ0n) is 12.0. The first kappa shape index (κ1) is 13.6. The van der Waals surface area contributed by atoms with Gasteiger partial charge in [0.1, 0.15) is 5.82 Å². The molecule has 108 valence electrons. The highest BCUT2D eigenvalue weighted by Gasteiger charge is 2.39. The molecule has 0 aliphatic heterocycles. The number of aryl methyl sites for hydroxylation is 1. The monoisotopic (exact) mass is 275 g/mol. The highest BCUT2D eigenvalue weighted by Crippen LogP contribution is 2.43. The molecule has 1 N–H and O–H groups in total. The van der Waals surface area contributed by atoms with Crippen molar-refractivity contribution in [2.75, 3.05) is 0 Å². The zero-order chi connectivity index (χ0) is 14.1. The summed E-state index contributed by atoms with van der Waals surface area (Å²) in [5, 5.41) is 3.21. The van der Waals surface area contributed by atoms with Gasteiger partial charge in [0.25, 0.3) is 0 Å². The second kappa shape index (κ2) is 5.55. The van der Waals surface area contributed by atoms with Crippen LogP contribution in [0.4, 0.5) is 4.39 Å². The van der Waals surface area contributed by atoms with Crippen LogP contribution in [-0.4, -0.2) is 11.9 Å². The smallest absolute Gasteiger partial charge is 0.224 e. The molecule has 20 heavy (non-hydrogen) atoms. The van der Waals surface area contributed by atoms with E-state index in [9.17, 15) is 9.18 Å². The summed E-state index contributed by atoms with van der Waals surface area (Å²) in [5.41, 5.74) is 1.77. The number of benzene rings is 1. The summed E-state index contributed by atoms with van der Waals surface area (Å²) in [6.07, 6.45) is 6.69. The highest BCUT2D eigenvalue weighted by atomic mass is 19.1. The molecule has 0 radical (unpaired) electrons. The molecule has 1 aromatic rings. The summed E-state index contributed by atoms with van der Waals surface area (Å²) in [7, 11) is 0. The maximum atomic E-state index is 13.1. The van der Waals surface area contributed by atoms with E-state index < -0.39 is 0 Å². The standard InChI is InChI=1S/C17H22FNO/c1-11-9-14(18)7-5-13(11)10-17(20)19-16-8-6-12-3-2-4-15(12)16/h5,7,9,12,15-16H,2-4,6,8,10H2,1H3,(H,19,20)/t12-,15-,16-/m0/s1. The van der Waals surface area contributed by atoms with Crippen LogP contribution in [0.2, 0.25) is 0 Å². The molecule has 3 rings (SSSR count). The van der Waals surface area contributed by atoms with Crippen molar-refractivity contribution in [3.63, 3.8) is 0 Å². The molecule has 0 bridgehead atoms. The van der Waals surface area contributed by atoms with Crippen LogP contribution < -0.4 is 5.32 Å². The van der Waals surface area contributed by atoms with E-state index in [1.165, 1.54) is 37.8 Å². The van der Waals surface area contributed by atoms with Gasteiger partial charge in [-0.05, 0) is 61.3 Å². The van der Waals surface area contributed by atoms with Crippen molar-refractivity contribution < 1.29 is 9.18 Å². The van der Waals surface area contributed by atoms with E-state index in [4.69, 9.17) is 0 Å². The second-order valence-corrected chi connectivity index (χ2v) is 6.35. The highest BCUT2D eigenvalue weighted by molar-refractivity contribution is 5.79. The van der Waals surface area contributed by atoms with Gasteiger partial charge in [0.2, 0.25) is 5.91 Å². The molecule has 2 fully saturated rings. The van der Waals surface area contributed by atoms with E-state index >= 15 is 0 Å². The van der Waals surface area contributed by atoms with Crippen LogP contribution in [0.1, 0.15) is 43.2 Å². The van der Waals surface area contributed by atoms with E-state index in [0.717, 1.165) is 23.5 Å². The van der Waals surface area contributed by atoms with Crippen molar-refractivity contribution in [1.82, 2.24) is 5.32 Å². The summed E-state index contributed by atoms with van der Waals surface area (Å²) in [6.45, 7) is 1.86. The third-order valence-corrected chi connectivity index (χ3v) is 5.09. The number of amides is 1. The van der Waals surface area contributed by atoms with Gasteiger partial charge in [-0.3, -0.25) is 4.79 Å². The minimum absolute atomic E-state index is 0.0808. The molecule has 2 saturated carbocycles. The van der Waals surface area contributed by atoms with E-state index in [0.29, 0.717) is 18.4 Å². The van der Waals surface area contributed by atoms with Crippen molar-refractivity contribution in [3.05, 3.63) is 35.1 Å². The Hall–Kier alpha value is -1.38. The van der Waals surface area contributed by atoms with Gasteiger partial charge in [-0.15, -0.1) is 0 Å². The van der Waals surface area contributed by atoms with Gasteiger partial charge < -0.3 is 5.32 Å². The lowest BCUT2D eigenvalue weighted by molar-refractivity contribution is -0.121. The third kappa shape index (κ3) is 2.72. The maximum Gasteiger partial charge on any atom is 0.224 e. The summed E-state index contributed by atoms with van der Waals surface area (Å²) < 4.78 is 13.1. The fourth-order valence-electron chi connectivity index (χ4n) is 4.03. The Bertz CT molecular complexity index is 514. The van der Waals surface area contributed by atoms with Crippen molar-refractivity contribution >= 4 is 5.91 Å². The fraction of sp³-hybridized carbons (Fsp3) is 0.588. The van der Waals surface area contributed by atoms with Gasteiger partial charge in [-0.2, -0.15) is 0 Å².